The molecule has 0 spiro atoms. The van der Waals surface area contributed by atoms with Crippen molar-refractivity contribution in [1.29, 1.82) is 0 Å². The van der Waals surface area contributed by atoms with Crippen molar-refractivity contribution in [3.63, 3.8) is 0 Å². The van der Waals surface area contributed by atoms with Crippen LogP contribution in [0.3, 0.4) is 0 Å². The Bertz CT molecular complexity index is 740. The molecule has 23 heavy (non-hydrogen) atoms. The molecule has 0 heterocycles. The van der Waals surface area contributed by atoms with E-state index >= 15 is 0 Å². The van der Waals surface area contributed by atoms with Crippen LogP contribution < -0.4 is 15.6 Å². The summed E-state index contributed by atoms with van der Waals surface area (Å²) in [6.07, 6.45) is 0. The molecule has 2 rings (SSSR count). The number of hydrogen-bond acceptors (Lipinski definition) is 3. The molecule has 0 aliphatic heterocycles. The van der Waals surface area contributed by atoms with Crippen LogP contribution in [0.15, 0.2) is 42.5 Å². The Kier molecular flexibility index (Phi) is 5.48. The van der Waals surface area contributed by atoms with Gasteiger partial charge in [0.2, 0.25) is 0 Å². The average molecular weight is 341 g/mol. The minimum atomic E-state index is -0.809. The first-order valence-electron chi connectivity index (χ1n) is 6.39. The Labute approximate surface area is 135 Å². The highest BCUT2D eigenvalue weighted by Crippen LogP contribution is 2.24. The Morgan fingerprint density at radius 3 is 2.52 bits per heavy atom. The number of carbonyl (C=O) groups excluding carboxylic acids is 2. The second kappa shape index (κ2) is 7.55. The third kappa shape index (κ3) is 4.65. The molecule has 0 fully saturated rings. The predicted octanol–water partition coefficient (Wildman–Crippen LogP) is 2.46. The van der Waals surface area contributed by atoms with Gasteiger partial charge in [-0.1, -0.05) is 23.7 Å². The van der Waals surface area contributed by atoms with Gasteiger partial charge in [0.1, 0.15) is 17.4 Å². The van der Waals surface area contributed by atoms with Gasteiger partial charge in [0.05, 0.1) is 10.6 Å². The van der Waals surface area contributed by atoms with Gasteiger partial charge in [0.25, 0.3) is 11.8 Å². The lowest BCUT2D eigenvalue weighted by atomic mass is 10.2. The highest BCUT2D eigenvalue weighted by Gasteiger charge is 2.12. The lowest BCUT2D eigenvalue weighted by Gasteiger charge is -2.10. The van der Waals surface area contributed by atoms with Crippen molar-refractivity contribution in [2.24, 2.45) is 0 Å². The fourth-order valence-corrected chi connectivity index (χ4v) is 1.83. The van der Waals surface area contributed by atoms with Gasteiger partial charge in [-0.25, -0.2) is 8.78 Å². The quantitative estimate of drug-likeness (QED) is 0.840. The zero-order valence-electron chi connectivity index (χ0n) is 11.6. The zero-order valence-corrected chi connectivity index (χ0v) is 12.4. The molecule has 0 atom stereocenters. The normalized spacial score (nSPS) is 10.0. The van der Waals surface area contributed by atoms with Crippen molar-refractivity contribution in [2.45, 2.75) is 0 Å². The van der Waals surface area contributed by atoms with Crippen LogP contribution in [0.2, 0.25) is 5.02 Å². The van der Waals surface area contributed by atoms with Gasteiger partial charge in [0, 0.05) is 0 Å². The van der Waals surface area contributed by atoms with Crippen LogP contribution in [0.25, 0.3) is 0 Å². The van der Waals surface area contributed by atoms with Crippen molar-refractivity contribution in [1.82, 2.24) is 10.9 Å². The summed E-state index contributed by atoms with van der Waals surface area (Å²) >= 11 is 5.73. The molecule has 5 nitrogen and oxygen atoms in total. The molecule has 120 valence electrons. The molecule has 2 amide bonds. The topological polar surface area (TPSA) is 67.4 Å². The standard InChI is InChI=1S/C15H11ClF2N2O3/c16-11-7-9(17)5-6-13(11)23-8-14(21)19-20-15(22)10-3-1-2-4-12(10)18/h1-7H,8H2,(H,19,21)(H,20,22). The van der Waals surface area contributed by atoms with Crippen LogP contribution in [-0.4, -0.2) is 18.4 Å². The molecule has 0 unspecified atom stereocenters. The fourth-order valence-electron chi connectivity index (χ4n) is 1.61. The van der Waals surface area contributed by atoms with E-state index in [9.17, 15) is 18.4 Å². The maximum Gasteiger partial charge on any atom is 0.276 e. The second-order valence-electron chi connectivity index (χ2n) is 4.35. The molecule has 0 aliphatic rings. The van der Waals surface area contributed by atoms with Crippen LogP contribution in [-0.2, 0) is 4.79 Å². The highest BCUT2D eigenvalue weighted by atomic mass is 35.5. The number of ether oxygens (including phenoxy) is 1. The van der Waals surface area contributed by atoms with Gasteiger partial charge >= 0.3 is 0 Å². The molecular weight excluding hydrogens is 330 g/mol. The number of hydrogen-bond donors (Lipinski definition) is 2. The molecule has 8 heteroatoms. The molecule has 0 aromatic heterocycles. The molecular formula is C15H11ClF2N2O3. The van der Waals surface area contributed by atoms with Crippen LogP contribution in [0.4, 0.5) is 8.78 Å². The van der Waals surface area contributed by atoms with E-state index < -0.39 is 30.1 Å². The Morgan fingerprint density at radius 2 is 1.83 bits per heavy atom. The van der Waals surface area contributed by atoms with Crippen molar-refractivity contribution >= 4 is 23.4 Å². The van der Waals surface area contributed by atoms with Crippen LogP contribution >= 0.6 is 11.6 Å². The average Bonchev–Trinajstić information content (AvgIpc) is 2.52. The summed E-state index contributed by atoms with van der Waals surface area (Å²) in [5, 5.41) is 0.00759. The first kappa shape index (κ1) is 16.7. The number of halogens is 3. The number of benzene rings is 2. The van der Waals surface area contributed by atoms with Crippen LogP contribution in [0.1, 0.15) is 10.4 Å². The molecule has 0 saturated heterocycles. The summed E-state index contributed by atoms with van der Waals surface area (Å²) in [4.78, 5) is 23.2. The monoisotopic (exact) mass is 340 g/mol. The largest absolute Gasteiger partial charge is 0.482 e. The lowest BCUT2D eigenvalue weighted by Crippen LogP contribution is -2.44. The zero-order chi connectivity index (χ0) is 16.8. The Balaban J connectivity index is 1.83. The van der Waals surface area contributed by atoms with Crippen LogP contribution in [0.5, 0.6) is 5.75 Å². The van der Waals surface area contributed by atoms with Gasteiger partial charge in [0.15, 0.2) is 6.61 Å². The van der Waals surface area contributed by atoms with Gasteiger partial charge in [-0.05, 0) is 30.3 Å². The van der Waals surface area contributed by atoms with Gasteiger partial charge < -0.3 is 4.74 Å². The Hall–Kier alpha value is -2.67. The molecule has 2 aromatic carbocycles. The molecule has 2 aromatic rings. The second-order valence-corrected chi connectivity index (χ2v) is 4.75. The smallest absolute Gasteiger partial charge is 0.276 e. The Morgan fingerprint density at radius 1 is 1.09 bits per heavy atom. The van der Waals surface area contributed by atoms with E-state index in [0.29, 0.717) is 0 Å². The molecule has 0 radical (unpaired) electrons. The summed E-state index contributed by atoms with van der Waals surface area (Å²) < 4.78 is 31.3. The van der Waals surface area contributed by atoms with Crippen LogP contribution in [0, 0.1) is 11.6 Å². The third-order valence-electron chi connectivity index (χ3n) is 2.69. The predicted molar refractivity (Wildman–Crippen MR) is 78.9 cm³/mol. The summed E-state index contributed by atoms with van der Waals surface area (Å²) in [7, 11) is 0. The van der Waals surface area contributed by atoms with E-state index in [1.807, 2.05) is 5.43 Å². The van der Waals surface area contributed by atoms with E-state index in [1.54, 1.807) is 0 Å². The van der Waals surface area contributed by atoms with E-state index in [-0.39, 0.29) is 16.3 Å². The number of hydrazine groups is 1. The summed E-state index contributed by atoms with van der Waals surface area (Å²) in [6.45, 7) is -0.469. The van der Waals surface area contributed by atoms with Crippen molar-refractivity contribution in [3.8, 4) is 5.75 Å². The summed E-state index contributed by atoms with van der Waals surface area (Å²) in [6, 6.07) is 8.74. The summed E-state index contributed by atoms with van der Waals surface area (Å²) in [5.74, 6) is -2.65. The van der Waals surface area contributed by atoms with Gasteiger partial charge in [-0.2, -0.15) is 0 Å². The molecule has 2 N–H and O–H groups in total. The van der Waals surface area contributed by atoms with Crippen molar-refractivity contribution in [2.75, 3.05) is 6.61 Å². The minimum Gasteiger partial charge on any atom is -0.482 e. The number of rotatable bonds is 4. The van der Waals surface area contributed by atoms with E-state index in [0.717, 1.165) is 18.2 Å². The third-order valence-corrected chi connectivity index (χ3v) is 2.98. The van der Waals surface area contributed by atoms with Crippen molar-refractivity contribution in [3.05, 3.63) is 64.7 Å². The number of nitrogens with one attached hydrogen (secondary N) is 2. The van der Waals surface area contributed by atoms with E-state index in [2.05, 4.69) is 5.43 Å². The highest BCUT2D eigenvalue weighted by molar-refractivity contribution is 6.32. The first-order valence-corrected chi connectivity index (χ1v) is 6.76. The van der Waals surface area contributed by atoms with E-state index in [4.69, 9.17) is 16.3 Å². The SMILES string of the molecule is O=C(COc1ccc(F)cc1Cl)NNC(=O)c1ccccc1F. The molecule has 0 aliphatic carbocycles. The minimum absolute atomic E-state index is 0.00759. The lowest BCUT2D eigenvalue weighted by molar-refractivity contribution is -0.123. The number of carbonyl (C=O) groups is 2. The maximum absolute atomic E-state index is 13.4. The maximum atomic E-state index is 13.4. The molecule has 0 saturated carbocycles. The molecule has 0 bridgehead atoms. The van der Waals surface area contributed by atoms with Gasteiger partial charge in [-0.3, -0.25) is 20.4 Å². The summed E-state index contributed by atoms with van der Waals surface area (Å²) in [5.41, 5.74) is 3.90. The first-order chi connectivity index (χ1) is 11.0. The van der Waals surface area contributed by atoms with Crippen molar-refractivity contribution < 1.29 is 23.1 Å². The fraction of sp³-hybridized carbons (Fsp3) is 0.0667. The van der Waals surface area contributed by atoms with E-state index in [1.165, 1.54) is 24.3 Å². The number of amides is 2. The van der Waals surface area contributed by atoms with Gasteiger partial charge in [-0.15, -0.1) is 0 Å².